The molecule has 0 radical (unpaired) electrons. The van der Waals surface area contributed by atoms with Crippen LogP contribution in [-0.2, 0) is 5.41 Å². The molecule has 3 rings (SSSR count). The van der Waals surface area contributed by atoms with E-state index in [1.54, 1.807) is 7.11 Å². The molecule has 0 aromatic heterocycles. The third kappa shape index (κ3) is 2.24. The summed E-state index contributed by atoms with van der Waals surface area (Å²) in [5.41, 5.74) is 4.28. The van der Waals surface area contributed by atoms with E-state index in [9.17, 15) is 5.11 Å². The number of hydrogen-bond donors (Lipinski definition) is 1. The monoisotopic (exact) mass is 282 g/mol. The van der Waals surface area contributed by atoms with Crippen LogP contribution in [0.15, 0.2) is 42.5 Å². The molecule has 1 unspecified atom stereocenters. The maximum absolute atomic E-state index is 11.0. The molecule has 2 heteroatoms. The number of aryl methyl sites for hydroxylation is 1. The minimum Gasteiger partial charge on any atom is -0.496 e. The molecular weight excluding hydrogens is 260 g/mol. The van der Waals surface area contributed by atoms with E-state index in [0.29, 0.717) is 0 Å². The van der Waals surface area contributed by atoms with Crippen molar-refractivity contribution >= 4 is 0 Å². The van der Waals surface area contributed by atoms with E-state index in [2.05, 4.69) is 25.1 Å². The fraction of sp³-hybridized carbons (Fsp3) is 0.368. The van der Waals surface area contributed by atoms with Crippen LogP contribution in [-0.4, -0.2) is 12.2 Å². The molecule has 1 aliphatic carbocycles. The standard InChI is InChI=1S/C19H22O2/c1-13-9-10-16(17(21-3)14(13)2)18(20)19(11-12-19)15-7-5-4-6-8-15/h4-10,18,20H,11-12H2,1-3H3. The van der Waals surface area contributed by atoms with Crippen LogP contribution < -0.4 is 4.74 Å². The van der Waals surface area contributed by atoms with Gasteiger partial charge in [-0.3, -0.25) is 0 Å². The Morgan fingerprint density at radius 1 is 1.05 bits per heavy atom. The molecule has 1 aliphatic rings. The van der Waals surface area contributed by atoms with E-state index in [0.717, 1.165) is 29.7 Å². The van der Waals surface area contributed by atoms with Gasteiger partial charge in [0, 0.05) is 11.0 Å². The Bertz CT molecular complexity index is 642. The topological polar surface area (TPSA) is 29.5 Å². The summed E-state index contributed by atoms with van der Waals surface area (Å²) in [4.78, 5) is 0. The van der Waals surface area contributed by atoms with Crippen LogP contribution in [0.25, 0.3) is 0 Å². The summed E-state index contributed by atoms with van der Waals surface area (Å²) in [6.07, 6.45) is 1.52. The van der Waals surface area contributed by atoms with E-state index >= 15 is 0 Å². The molecule has 1 fully saturated rings. The van der Waals surface area contributed by atoms with Crippen molar-refractivity contribution in [1.29, 1.82) is 0 Å². The number of benzene rings is 2. The molecule has 1 atom stereocenters. The van der Waals surface area contributed by atoms with Gasteiger partial charge in [-0.15, -0.1) is 0 Å². The fourth-order valence-electron chi connectivity index (χ4n) is 3.22. The van der Waals surface area contributed by atoms with E-state index in [4.69, 9.17) is 4.74 Å². The smallest absolute Gasteiger partial charge is 0.127 e. The van der Waals surface area contributed by atoms with Crippen LogP contribution in [0.5, 0.6) is 5.75 Å². The second kappa shape index (κ2) is 5.19. The second-order valence-corrected chi connectivity index (χ2v) is 6.05. The maximum Gasteiger partial charge on any atom is 0.127 e. The van der Waals surface area contributed by atoms with E-state index in [1.165, 1.54) is 11.1 Å². The van der Waals surface area contributed by atoms with Crippen LogP contribution in [0, 0.1) is 13.8 Å². The molecule has 21 heavy (non-hydrogen) atoms. The normalized spacial score (nSPS) is 17.3. The lowest BCUT2D eigenvalue weighted by atomic mass is 9.84. The van der Waals surface area contributed by atoms with Crippen molar-refractivity contribution in [2.45, 2.75) is 38.2 Å². The number of aliphatic hydroxyl groups excluding tert-OH is 1. The highest BCUT2D eigenvalue weighted by Gasteiger charge is 2.51. The van der Waals surface area contributed by atoms with Crippen molar-refractivity contribution in [3.63, 3.8) is 0 Å². The van der Waals surface area contributed by atoms with Crippen molar-refractivity contribution in [2.24, 2.45) is 0 Å². The first-order chi connectivity index (χ1) is 10.1. The van der Waals surface area contributed by atoms with Gasteiger partial charge in [0.15, 0.2) is 0 Å². The molecule has 2 aromatic rings. The van der Waals surface area contributed by atoms with Gasteiger partial charge in [-0.1, -0.05) is 42.5 Å². The first kappa shape index (κ1) is 14.2. The number of hydrogen-bond acceptors (Lipinski definition) is 2. The highest BCUT2D eigenvalue weighted by molar-refractivity contribution is 5.49. The third-order valence-electron chi connectivity index (χ3n) is 4.87. The molecule has 1 N–H and O–H groups in total. The van der Waals surface area contributed by atoms with Crippen LogP contribution in [0.4, 0.5) is 0 Å². The first-order valence-corrected chi connectivity index (χ1v) is 7.48. The van der Waals surface area contributed by atoms with Crippen LogP contribution in [0.3, 0.4) is 0 Å². The molecule has 0 aliphatic heterocycles. The zero-order valence-electron chi connectivity index (χ0n) is 12.9. The Morgan fingerprint density at radius 3 is 2.29 bits per heavy atom. The molecule has 0 heterocycles. The minimum absolute atomic E-state index is 0.143. The number of aliphatic hydroxyl groups is 1. The van der Waals surface area contributed by atoms with Crippen LogP contribution >= 0.6 is 0 Å². The predicted octanol–water partition coefficient (Wildman–Crippen LogP) is 4.08. The molecule has 0 spiro atoms. The van der Waals surface area contributed by atoms with Crippen molar-refractivity contribution < 1.29 is 9.84 Å². The number of ether oxygens (including phenoxy) is 1. The Balaban J connectivity index is 2.04. The lowest BCUT2D eigenvalue weighted by Crippen LogP contribution is -2.19. The summed E-state index contributed by atoms with van der Waals surface area (Å²) >= 11 is 0. The van der Waals surface area contributed by atoms with Crippen molar-refractivity contribution in [1.82, 2.24) is 0 Å². The summed E-state index contributed by atoms with van der Waals surface area (Å²) in [5, 5.41) is 11.0. The minimum atomic E-state index is -0.519. The summed E-state index contributed by atoms with van der Waals surface area (Å²) in [6, 6.07) is 14.4. The van der Waals surface area contributed by atoms with E-state index < -0.39 is 6.10 Å². The van der Waals surface area contributed by atoms with Gasteiger partial charge in [0.05, 0.1) is 13.2 Å². The Labute approximate surface area is 126 Å². The molecule has 1 saturated carbocycles. The molecule has 110 valence electrons. The SMILES string of the molecule is COc1c(C(O)C2(c3ccccc3)CC2)ccc(C)c1C. The molecule has 2 nitrogen and oxygen atoms in total. The Hall–Kier alpha value is -1.80. The summed E-state index contributed by atoms with van der Waals surface area (Å²) in [5.74, 6) is 0.824. The summed E-state index contributed by atoms with van der Waals surface area (Å²) in [6.45, 7) is 4.12. The lowest BCUT2D eigenvalue weighted by Gasteiger charge is -2.26. The van der Waals surface area contributed by atoms with Gasteiger partial charge in [-0.05, 0) is 43.4 Å². The lowest BCUT2D eigenvalue weighted by molar-refractivity contribution is 0.129. The fourth-order valence-corrected chi connectivity index (χ4v) is 3.22. The first-order valence-electron chi connectivity index (χ1n) is 7.48. The maximum atomic E-state index is 11.0. The number of rotatable bonds is 4. The zero-order valence-corrected chi connectivity index (χ0v) is 12.9. The third-order valence-corrected chi connectivity index (χ3v) is 4.87. The average molecular weight is 282 g/mol. The molecule has 0 bridgehead atoms. The van der Waals surface area contributed by atoms with Crippen molar-refractivity contribution in [2.75, 3.05) is 7.11 Å². The second-order valence-electron chi connectivity index (χ2n) is 6.05. The van der Waals surface area contributed by atoms with Gasteiger partial charge in [-0.25, -0.2) is 0 Å². The quantitative estimate of drug-likeness (QED) is 0.915. The van der Waals surface area contributed by atoms with Crippen molar-refractivity contribution in [3.8, 4) is 5.75 Å². The Morgan fingerprint density at radius 2 is 1.71 bits per heavy atom. The highest BCUT2D eigenvalue weighted by Crippen LogP contribution is 2.57. The van der Waals surface area contributed by atoms with Gasteiger partial charge in [-0.2, -0.15) is 0 Å². The summed E-state index contributed by atoms with van der Waals surface area (Å²) < 4.78 is 5.58. The Kier molecular flexibility index (Phi) is 3.50. The van der Waals surface area contributed by atoms with Gasteiger partial charge < -0.3 is 9.84 Å². The van der Waals surface area contributed by atoms with Crippen LogP contribution in [0.1, 0.15) is 41.2 Å². The number of methoxy groups -OCH3 is 1. The van der Waals surface area contributed by atoms with Crippen molar-refractivity contribution in [3.05, 3.63) is 64.7 Å². The largest absolute Gasteiger partial charge is 0.496 e. The highest BCUT2D eigenvalue weighted by atomic mass is 16.5. The van der Waals surface area contributed by atoms with Gasteiger partial charge in [0.25, 0.3) is 0 Å². The van der Waals surface area contributed by atoms with E-state index in [-0.39, 0.29) is 5.41 Å². The molecule has 2 aromatic carbocycles. The molecule has 0 saturated heterocycles. The van der Waals surface area contributed by atoms with Gasteiger partial charge in [0.1, 0.15) is 5.75 Å². The average Bonchev–Trinajstić information content (AvgIpc) is 3.32. The van der Waals surface area contributed by atoms with Crippen LogP contribution in [0.2, 0.25) is 0 Å². The van der Waals surface area contributed by atoms with Gasteiger partial charge >= 0.3 is 0 Å². The molecule has 0 amide bonds. The predicted molar refractivity (Wildman–Crippen MR) is 84.8 cm³/mol. The van der Waals surface area contributed by atoms with Gasteiger partial charge in [0.2, 0.25) is 0 Å². The molecular formula is C19H22O2. The van der Waals surface area contributed by atoms with E-state index in [1.807, 2.05) is 31.2 Å². The summed E-state index contributed by atoms with van der Waals surface area (Å²) in [7, 11) is 1.68. The zero-order chi connectivity index (χ0) is 15.0.